The summed E-state index contributed by atoms with van der Waals surface area (Å²) in [6.07, 6.45) is 2.35. The van der Waals surface area contributed by atoms with Crippen LogP contribution in [0.1, 0.15) is 18.4 Å². The van der Waals surface area contributed by atoms with E-state index >= 15 is 0 Å². The molecule has 3 saturated heterocycles. The minimum atomic E-state index is 0.542. The Kier molecular flexibility index (Phi) is 3.16. The van der Waals surface area contributed by atoms with Crippen molar-refractivity contribution < 1.29 is 9.69 Å². The predicted octanol–water partition coefficient (Wildman–Crippen LogP) is 3.02. The average Bonchev–Trinajstić information content (AvgIpc) is 2.42. The number of quaternary nitrogens is 1. The summed E-state index contributed by atoms with van der Waals surface area (Å²) < 4.78 is 2.19. The van der Waals surface area contributed by atoms with Gasteiger partial charge in [0.05, 0.1) is 13.1 Å². The average molecular weight is 310 g/mol. The van der Waals surface area contributed by atoms with Crippen LogP contribution in [0.5, 0.6) is 0 Å². The van der Waals surface area contributed by atoms with Gasteiger partial charge in [-0.1, -0.05) is 33.2 Å². The molecule has 18 heavy (non-hydrogen) atoms. The molecule has 0 radical (unpaired) electrons. The van der Waals surface area contributed by atoms with Crippen LogP contribution in [0.15, 0.2) is 33.9 Å². The van der Waals surface area contributed by atoms with Crippen molar-refractivity contribution in [3.8, 4) is 0 Å². The molecule has 1 N–H and O–H groups in total. The van der Waals surface area contributed by atoms with Gasteiger partial charge in [-0.15, -0.1) is 0 Å². The van der Waals surface area contributed by atoms with Crippen molar-refractivity contribution in [1.29, 1.82) is 0 Å². The molecular weight excluding hydrogens is 292 g/mol. The Labute approximate surface area is 116 Å². The first-order valence-electron chi connectivity index (χ1n) is 6.51. The Morgan fingerprint density at radius 3 is 2.50 bits per heavy atom. The zero-order chi connectivity index (χ0) is 12.6. The summed E-state index contributed by atoms with van der Waals surface area (Å²) in [5.41, 5.74) is 2.39. The molecule has 4 heteroatoms. The quantitative estimate of drug-likeness (QED) is 0.508. The van der Waals surface area contributed by atoms with Crippen molar-refractivity contribution >= 4 is 21.6 Å². The SMILES string of the molecule is ON=C1C[N+]2(Cc3ccc(Br)cc3)CCC1CC2. The smallest absolute Gasteiger partial charge is 0.122 e. The van der Waals surface area contributed by atoms with E-state index in [0.29, 0.717) is 5.92 Å². The highest BCUT2D eigenvalue weighted by atomic mass is 79.9. The summed E-state index contributed by atoms with van der Waals surface area (Å²) in [7, 11) is 0. The first-order chi connectivity index (χ1) is 8.71. The number of hydrogen-bond donors (Lipinski definition) is 1. The second-order valence-corrected chi connectivity index (χ2v) is 6.51. The Hall–Kier alpha value is -0.870. The maximum Gasteiger partial charge on any atom is 0.122 e. The van der Waals surface area contributed by atoms with Crippen LogP contribution in [-0.4, -0.2) is 35.0 Å². The number of oxime groups is 1. The maximum atomic E-state index is 9.10. The maximum absolute atomic E-state index is 9.10. The van der Waals surface area contributed by atoms with E-state index in [1.165, 1.54) is 31.5 Å². The summed E-state index contributed by atoms with van der Waals surface area (Å²) in [6.45, 7) is 4.43. The van der Waals surface area contributed by atoms with E-state index in [4.69, 9.17) is 5.21 Å². The lowest BCUT2D eigenvalue weighted by molar-refractivity contribution is -0.942. The van der Waals surface area contributed by atoms with Crippen LogP contribution >= 0.6 is 15.9 Å². The third kappa shape index (κ3) is 2.19. The van der Waals surface area contributed by atoms with Crippen molar-refractivity contribution in [2.24, 2.45) is 11.1 Å². The zero-order valence-electron chi connectivity index (χ0n) is 10.3. The van der Waals surface area contributed by atoms with Crippen LogP contribution in [0.3, 0.4) is 0 Å². The minimum Gasteiger partial charge on any atom is -0.411 e. The molecule has 4 rings (SSSR count). The van der Waals surface area contributed by atoms with E-state index in [2.05, 4.69) is 45.4 Å². The van der Waals surface area contributed by atoms with Crippen LogP contribution in [-0.2, 0) is 6.54 Å². The highest BCUT2D eigenvalue weighted by Crippen LogP contribution is 2.33. The van der Waals surface area contributed by atoms with Gasteiger partial charge in [0.15, 0.2) is 0 Å². The zero-order valence-corrected chi connectivity index (χ0v) is 11.9. The topological polar surface area (TPSA) is 32.6 Å². The largest absolute Gasteiger partial charge is 0.411 e. The lowest BCUT2D eigenvalue weighted by Crippen LogP contribution is -2.61. The van der Waals surface area contributed by atoms with Crippen molar-refractivity contribution in [1.82, 2.24) is 0 Å². The predicted molar refractivity (Wildman–Crippen MR) is 74.7 cm³/mol. The van der Waals surface area contributed by atoms with Gasteiger partial charge in [0.25, 0.3) is 0 Å². The third-order valence-corrected chi connectivity index (χ3v) is 4.96. The van der Waals surface area contributed by atoms with E-state index in [1.54, 1.807) is 0 Å². The lowest BCUT2D eigenvalue weighted by atomic mass is 9.83. The second kappa shape index (κ2) is 4.67. The van der Waals surface area contributed by atoms with Crippen LogP contribution in [0.25, 0.3) is 0 Å². The summed E-state index contributed by atoms with van der Waals surface area (Å²) >= 11 is 3.47. The molecule has 2 bridgehead atoms. The highest BCUT2D eigenvalue weighted by Gasteiger charge is 2.44. The first kappa shape index (κ1) is 12.2. The normalized spacial score (nSPS) is 32.9. The van der Waals surface area contributed by atoms with Gasteiger partial charge in [0.1, 0.15) is 18.8 Å². The van der Waals surface area contributed by atoms with Gasteiger partial charge in [-0.2, -0.15) is 0 Å². The molecule has 3 aliphatic rings. The summed E-state index contributed by atoms with van der Waals surface area (Å²) in [5.74, 6) is 0.542. The number of piperidine rings is 3. The molecule has 0 saturated carbocycles. The highest BCUT2D eigenvalue weighted by molar-refractivity contribution is 9.10. The third-order valence-electron chi connectivity index (χ3n) is 4.43. The Balaban J connectivity index is 1.80. The molecule has 3 nitrogen and oxygen atoms in total. The minimum absolute atomic E-state index is 0.542. The molecule has 0 spiro atoms. The van der Waals surface area contributed by atoms with Gasteiger partial charge in [-0.05, 0) is 12.1 Å². The van der Waals surface area contributed by atoms with E-state index in [0.717, 1.165) is 27.8 Å². The molecule has 0 unspecified atom stereocenters. The van der Waals surface area contributed by atoms with Gasteiger partial charge in [-0.25, -0.2) is 0 Å². The fourth-order valence-electron chi connectivity index (χ4n) is 3.38. The van der Waals surface area contributed by atoms with E-state index in [1.807, 2.05) is 0 Å². The molecule has 0 aliphatic carbocycles. The van der Waals surface area contributed by atoms with Crippen molar-refractivity contribution in [3.63, 3.8) is 0 Å². The van der Waals surface area contributed by atoms with Gasteiger partial charge in [-0.3, -0.25) is 0 Å². The van der Waals surface area contributed by atoms with Crippen LogP contribution in [0, 0.1) is 5.92 Å². The number of fused-ring (bicyclic) bond motifs is 3. The molecule has 3 heterocycles. The Morgan fingerprint density at radius 1 is 1.22 bits per heavy atom. The number of benzene rings is 1. The standard InChI is InChI=1S/C14H17BrN2O/c15-13-3-1-11(2-4-13)9-17-7-5-12(6-8-17)14(10-17)16-18/h1-4,12H,5-10H2/p+1. The Bertz CT molecular complexity index is 461. The van der Waals surface area contributed by atoms with Crippen molar-refractivity contribution in [2.75, 3.05) is 19.6 Å². The molecular formula is C14H18BrN2O+. The molecule has 3 fully saturated rings. The first-order valence-corrected chi connectivity index (χ1v) is 7.30. The van der Waals surface area contributed by atoms with E-state index in [9.17, 15) is 0 Å². The van der Waals surface area contributed by atoms with E-state index < -0.39 is 0 Å². The number of rotatable bonds is 2. The lowest BCUT2D eigenvalue weighted by Gasteiger charge is -2.49. The van der Waals surface area contributed by atoms with Gasteiger partial charge in [0, 0.05) is 28.8 Å². The van der Waals surface area contributed by atoms with Gasteiger partial charge >= 0.3 is 0 Å². The van der Waals surface area contributed by atoms with Crippen LogP contribution < -0.4 is 0 Å². The summed E-state index contributed by atoms with van der Waals surface area (Å²) in [4.78, 5) is 0. The molecule has 3 aliphatic heterocycles. The second-order valence-electron chi connectivity index (χ2n) is 5.60. The Morgan fingerprint density at radius 2 is 1.89 bits per heavy atom. The molecule has 1 aromatic carbocycles. The monoisotopic (exact) mass is 309 g/mol. The molecule has 0 amide bonds. The van der Waals surface area contributed by atoms with Crippen LogP contribution in [0.4, 0.5) is 0 Å². The van der Waals surface area contributed by atoms with Crippen LogP contribution in [0.2, 0.25) is 0 Å². The van der Waals surface area contributed by atoms with Crippen molar-refractivity contribution in [2.45, 2.75) is 19.4 Å². The van der Waals surface area contributed by atoms with Gasteiger partial charge in [0.2, 0.25) is 0 Å². The molecule has 1 aromatic rings. The number of nitrogens with zero attached hydrogens (tertiary/aromatic N) is 2. The van der Waals surface area contributed by atoms with Crippen molar-refractivity contribution in [3.05, 3.63) is 34.3 Å². The summed E-state index contributed by atoms with van der Waals surface area (Å²) in [6, 6.07) is 8.58. The fourth-order valence-corrected chi connectivity index (χ4v) is 3.65. The molecule has 0 aromatic heterocycles. The molecule has 96 valence electrons. The summed E-state index contributed by atoms with van der Waals surface area (Å²) in [5, 5.41) is 12.6. The van der Waals surface area contributed by atoms with Gasteiger partial charge < -0.3 is 9.69 Å². The number of halogens is 1. The molecule has 0 atom stereocenters. The number of hydrogen-bond acceptors (Lipinski definition) is 2. The van der Waals surface area contributed by atoms with E-state index in [-0.39, 0.29) is 0 Å². The fraction of sp³-hybridized carbons (Fsp3) is 0.500.